The van der Waals surface area contributed by atoms with Gasteiger partial charge in [0.05, 0.1) is 4.88 Å². The second-order valence-corrected chi connectivity index (χ2v) is 9.10. The van der Waals surface area contributed by atoms with E-state index in [-0.39, 0.29) is 17.9 Å². The average molecular weight is 456 g/mol. The third-order valence-corrected chi connectivity index (χ3v) is 6.88. The Hall–Kier alpha value is -2.78. The molecule has 0 bridgehead atoms. The van der Waals surface area contributed by atoms with Gasteiger partial charge in [-0.1, -0.05) is 24.3 Å². The van der Waals surface area contributed by atoms with Gasteiger partial charge < -0.3 is 10.2 Å². The van der Waals surface area contributed by atoms with Gasteiger partial charge in [0, 0.05) is 24.7 Å². The Balaban J connectivity index is 1.39. The van der Waals surface area contributed by atoms with Crippen molar-refractivity contribution in [3.8, 4) is 10.7 Å². The van der Waals surface area contributed by atoms with E-state index in [1.807, 2.05) is 60.5 Å². The Morgan fingerprint density at radius 3 is 2.65 bits per heavy atom. The Labute approximate surface area is 190 Å². The van der Waals surface area contributed by atoms with E-state index in [0.717, 1.165) is 23.3 Å². The molecule has 1 aliphatic heterocycles. The molecular weight excluding hydrogens is 430 g/mol. The van der Waals surface area contributed by atoms with Gasteiger partial charge in [-0.2, -0.15) is 5.10 Å². The van der Waals surface area contributed by atoms with Gasteiger partial charge in [-0.05, 0) is 62.0 Å². The highest BCUT2D eigenvalue weighted by Crippen LogP contribution is 2.27. The van der Waals surface area contributed by atoms with Crippen molar-refractivity contribution in [1.29, 1.82) is 0 Å². The Bertz CT molecular complexity index is 1130. The third-order valence-electron chi connectivity index (χ3n) is 5.72. The number of aromatic nitrogens is 3. The monoisotopic (exact) mass is 455 g/mol. The first kappa shape index (κ1) is 21.5. The zero-order chi connectivity index (χ0) is 22.0. The van der Waals surface area contributed by atoms with Crippen molar-refractivity contribution in [3.63, 3.8) is 0 Å². The van der Waals surface area contributed by atoms with Gasteiger partial charge in [-0.25, -0.2) is 0 Å². The predicted molar refractivity (Wildman–Crippen MR) is 124 cm³/mol. The van der Waals surface area contributed by atoms with Gasteiger partial charge in [-0.15, -0.1) is 11.3 Å². The normalized spacial score (nSPS) is 15.6. The number of benzene rings is 1. The summed E-state index contributed by atoms with van der Waals surface area (Å²) in [4.78, 5) is 28.6. The number of aryl methyl sites for hydroxylation is 1. The molecule has 0 aliphatic carbocycles. The minimum Gasteiger partial charge on any atom is -0.349 e. The van der Waals surface area contributed by atoms with Crippen molar-refractivity contribution >= 4 is 35.4 Å². The summed E-state index contributed by atoms with van der Waals surface area (Å²) in [6.07, 6.45) is 1.45. The van der Waals surface area contributed by atoms with E-state index >= 15 is 0 Å². The van der Waals surface area contributed by atoms with Crippen molar-refractivity contribution in [2.45, 2.75) is 38.8 Å². The fourth-order valence-corrected chi connectivity index (χ4v) is 4.95. The van der Waals surface area contributed by atoms with Crippen LogP contribution in [0.3, 0.4) is 0 Å². The van der Waals surface area contributed by atoms with E-state index in [1.165, 1.54) is 0 Å². The molecule has 0 radical (unpaired) electrons. The molecule has 7 nitrogen and oxygen atoms in total. The number of thiophene rings is 1. The zero-order valence-corrected chi connectivity index (χ0v) is 19.1. The molecule has 0 saturated carbocycles. The molecule has 1 unspecified atom stereocenters. The summed E-state index contributed by atoms with van der Waals surface area (Å²) >= 11 is 6.96. The number of amides is 2. The first-order valence-electron chi connectivity index (χ1n) is 10.3. The van der Waals surface area contributed by atoms with Crippen LogP contribution < -0.4 is 5.32 Å². The first-order valence-corrected chi connectivity index (χ1v) is 11.6. The molecule has 4 rings (SSSR count). The maximum absolute atomic E-state index is 13.2. The number of likely N-dealkylation sites (tertiary alicyclic amines) is 1. The number of piperidine rings is 1. The molecule has 3 heterocycles. The molecule has 1 saturated heterocycles. The second kappa shape index (κ2) is 9.15. The van der Waals surface area contributed by atoms with Crippen LogP contribution >= 0.6 is 23.6 Å². The summed E-state index contributed by atoms with van der Waals surface area (Å²) in [5.41, 5.74) is 1.66. The summed E-state index contributed by atoms with van der Waals surface area (Å²) < 4.78 is 2.22. The van der Waals surface area contributed by atoms with Crippen LogP contribution in [-0.2, 0) is 4.79 Å². The lowest BCUT2D eigenvalue weighted by Gasteiger charge is -2.34. The van der Waals surface area contributed by atoms with Crippen LogP contribution in [0.1, 0.15) is 41.7 Å². The van der Waals surface area contributed by atoms with Gasteiger partial charge in [0.2, 0.25) is 5.91 Å². The molecule has 2 N–H and O–H groups in total. The molecule has 3 aromatic rings. The summed E-state index contributed by atoms with van der Waals surface area (Å²) in [5, 5.41) is 12.2. The highest BCUT2D eigenvalue weighted by atomic mass is 32.1. The number of hydrogen-bond donors (Lipinski definition) is 2. The Morgan fingerprint density at radius 2 is 1.97 bits per heavy atom. The molecular formula is C22H25N5O2S2. The van der Waals surface area contributed by atoms with Crippen molar-refractivity contribution in [3.05, 3.63) is 57.7 Å². The van der Waals surface area contributed by atoms with Gasteiger partial charge in [-0.3, -0.25) is 19.3 Å². The van der Waals surface area contributed by atoms with E-state index in [4.69, 9.17) is 12.2 Å². The highest BCUT2D eigenvalue weighted by molar-refractivity contribution is 7.71. The fraction of sp³-hybridized carbons (Fsp3) is 0.364. The molecule has 9 heteroatoms. The number of nitrogens with one attached hydrogen (secondary N) is 2. The lowest BCUT2D eigenvalue weighted by molar-refractivity contribution is -0.135. The zero-order valence-electron chi connectivity index (χ0n) is 17.5. The fourth-order valence-electron chi connectivity index (χ4n) is 3.95. The molecule has 1 aliphatic rings. The number of rotatable bonds is 5. The maximum Gasteiger partial charge on any atom is 0.251 e. The van der Waals surface area contributed by atoms with E-state index in [1.54, 1.807) is 15.9 Å². The van der Waals surface area contributed by atoms with Crippen LogP contribution in [0.2, 0.25) is 0 Å². The number of H-pyrrole nitrogens is 1. The summed E-state index contributed by atoms with van der Waals surface area (Å²) in [7, 11) is 0. The topological polar surface area (TPSA) is 83.0 Å². The largest absolute Gasteiger partial charge is 0.349 e. The minimum atomic E-state index is -0.457. The smallest absolute Gasteiger partial charge is 0.251 e. The Morgan fingerprint density at radius 1 is 1.23 bits per heavy atom. The molecule has 2 aromatic heterocycles. The van der Waals surface area contributed by atoms with E-state index in [2.05, 4.69) is 15.5 Å². The quantitative estimate of drug-likeness (QED) is 0.571. The van der Waals surface area contributed by atoms with Crippen LogP contribution in [0.4, 0.5) is 0 Å². The van der Waals surface area contributed by atoms with Crippen molar-refractivity contribution in [2.75, 3.05) is 13.1 Å². The van der Waals surface area contributed by atoms with Crippen LogP contribution in [-0.4, -0.2) is 50.6 Å². The summed E-state index contributed by atoms with van der Waals surface area (Å²) in [5.74, 6) is 0.641. The molecule has 0 spiro atoms. The number of carbonyl (C=O) groups excluding carboxylic acids is 2. The second-order valence-electron chi connectivity index (χ2n) is 7.76. The molecule has 2 amide bonds. The number of aromatic amines is 1. The Kier molecular flexibility index (Phi) is 6.33. The van der Waals surface area contributed by atoms with E-state index in [9.17, 15) is 9.59 Å². The van der Waals surface area contributed by atoms with Gasteiger partial charge in [0.25, 0.3) is 5.91 Å². The lowest BCUT2D eigenvalue weighted by atomic mass is 10.0. The van der Waals surface area contributed by atoms with Crippen molar-refractivity contribution in [1.82, 2.24) is 25.0 Å². The van der Waals surface area contributed by atoms with E-state index in [0.29, 0.717) is 29.2 Å². The summed E-state index contributed by atoms with van der Waals surface area (Å²) in [6.45, 7) is 4.99. The minimum absolute atomic E-state index is 0.0130. The molecule has 162 valence electrons. The molecule has 1 aromatic carbocycles. The van der Waals surface area contributed by atoms with Gasteiger partial charge in [0.15, 0.2) is 10.6 Å². The number of nitrogens with zero attached hydrogens (tertiary/aromatic N) is 3. The van der Waals surface area contributed by atoms with Crippen molar-refractivity contribution < 1.29 is 9.59 Å². The molecule has 1 atom stereocenters. The predicted octanol–water partition coefficient (Wildman–Crippen LogP) is 3.96. The standard InChI is InChI=1S/C22H25N5O2S2/c1-14-6-3-4-7-17(14)20(28)23-16-9-11-26(12-10-16)21(29)15(2)27-19(24-25-22(27)30)18-8-5-13-31-18/h3-8,13,15-16H,9-12H2,1-2H3,(H,23,28)(H,25,30). The van der Waals surface area contributed by atoms with Crippen LogP contribution in [0.15, 0.2) is 41.8 Å². The van der Waals surface area contributed by atoms with Gasteiger partial charge >= 0.3 is 0 Å². The lowest BCUT2D eigenvalue weighted by Crippen LogP contribution is -2.48. The van der Waals surface area contributed by atoms with Crippen LogP contribution in [0.5, 0.6) is 0 Å². The average Bonchev–Trinajstić information content (AvgIpc) is 3.43. The molecule has 1 fully saturated rings. The number of carbonyl (C=O) groups is 2. The first-order chi connectivity index (χ1) is 15.0. The molecule has 31 heavy (non-hydrogen) atoms. The van der Waals surface area contributed by atoms with Crippen LogP contribution in [0.25, 0.3) is 10.7 Å². The van der Waals surface area contributed by atoms with E-state index < -0.39 is 6.04 Å². The third kappa shape index (κ3) is 4.47. The summed E-state index contributed by atoms with van der Waals surface area (Å²) in [6, 6.07) is 11.1. The van der Waals surface area contributed by atoms with Gasteiger partial charge in [0.1, 0.15) is 6.04 Å². The van der Waals surface area contributed by atoms with Crippen LogP contribution in [0, 0.1) is 11.7 Å². The maximum atomic E-state index is 13.2. The number of hydrogen-bond acceptors (Lipinski definition) is 5. The van der Waals surface area contributed by atoms with Crippen molar-refractivity contribution in [2.24, 2.45) is 0 Å². The highest BCUT2D eigenvalue weighted by Gasteiger charge is 2.29. The SMILES string of the molecule is Cc1ccccc1C(=O)NC1CCN(C(=O)C(C)n2c(-c3cccs3)n[nH]c2=S)CC1.